The van der Waals surface area contributed by atoms with Crippen LogP contribution in [-0.4, -0.2) is 53.5 Å². The molecule has 0 aliphatic carbocycles. The summed E-state index contributed by atoms with van der Waals surface area (Å²) in [4.78, 5) is 35.0. The molecule has 154 valence electrons. The van der Waals surface area contributed by atoms with Gasteiger partial charge in [-0.1, -0.05) is 37.3 Å². The first kappa shape index (κ1) is 22.0. The van der Waals surface area contributed by atoms with Crippen molar-refractivity contribution in [1.29, 1.82) is 0 Å². The molecule has 0 saturated carbocycles. The lowest BCUT2D eigenvalue weighted by Crippen LogP contribution is -2.42. The Balaban J connectivity index is 1.76. The predicted molar refractivity (Wildman–Crippen MR) is 105 cm³/mol. The number of hydrogen-bond donors (Lipinski definition) is 3. The van der Waals surface area contributed by atoms with Crippen LogP contribution in [0.1, 0.15) is 25.3 Å². The van der Waals surface area contributed by atoms with Crippen molar-refractivity contribution in [2.24, 2.45) is 5.92 Å². The molecule has 0 radical (unpaired) electrons. The lowest BCUT2D eigenvalue weighted by Gasteiger charge is -2.21. The summed E-state index contributed by atoms with van der Waals surface area (Å²) in [7, 11) is 1.35. The summed E-state index contributed by atoms with van der Waals surface area (Å²) in [5, 5.41) is 15.0. The molecule has 3 N–H and O–H groups in total. The van der Waals surface area contributed by atoms with Gasteiger partial charge in [-0.25, -0.2) is 9.59 Å². The second-order valence-corrected chi connectivity index (χ2v) is 7.82. The minimum absolute atomic E-state index is 0.0311. The molecule has 1 saturated heterocycles. The highest BCUT2D eigenvalue weighted by Crippen LogP contribution is 2.28. The Labute approximate surface area is 168 Å². The van der Waals surface area contributed by atoms with Crippen LogP contribution in [0.5, 0.6) is 0 Å². The van der Waals surface area contributed by atoms with Crippen molar-refractivity contribution >= 4 is 29.8 Å². The van der Waals surface area contributed by atoms with E-state index in [1.807, 2.05) is 37.3 Å². The van der Waals surface area contributed by atoms with Gasteiger partial charge in [0.15, 0.2) is 0 Å². The smallest absolute Gasteiger partial charge is 0.408 e. The van der Waals surface area contributed by atoms with Crippen LogP contribution in [-0.2, 0) is 25.7 Å². The average molecular weight is 410 g/mol. The van der Waals surface area contributed by atoms with Crippen LogP contribution in [0.25, 0.3) is 0 Å². The number of ether oxygens (including phenoxy) is 2. The van der Waals surface area contributed by atoms with E-state index in [1.165, 1.54) is 7.11 Å². The quantitative estimate of drug-likeness (QED) is 0.530. The first-order chi connectivity index (χ1) is 13.4. The standard InChI is InChI=1S/C19H26N2O6S/c1-12(16-20-15(11-28-16)18(24)26-2)8-9-14(17(22)23)21-19(25)27-10-13-6-4-3-5-7-13/h3-7,12,14-16,20H,8-11H2,1-2H3,(H,21,25)(H,22,23)/t12-,14+,15-,16+/m0/s1. The molecule has 0 unspecified atom stereocenters. The summed E-state index contributed by atoms with van der Waals surface area (Å²) in [6.45, 7) is 2.06. The summed E-state index contributed by atoms with van der Waals surface area (Å²) in [6.07, 6.45) is 0.0654. The highest BCUT2D eigenvalue weighted by Gasteiger charge is 2.33. The van der Waals surface area contributed by atoms with E-state index in [1.54, 1.807) is 11.8 Å². The van der Waals surface area contributed by atoms with Gasteiger partial charge < -0.3 is 19.9 Å². The van der Waals surface area contributed by atoms with Gasteiger partial charge in [0.25, 0.3) is 0 Å². The number of carboxylic acid groups (broad SMARTS) is 1. The number of aliphatic carboxylic acids is 1. The van der Waals surface area contributed by atoms with Crippen LogP contribution in [0.15, 0.2) is 30.3 Å². The van der Waals surface area contributed by atoms with Gasteiger partial charge in [0.05, 0.1) is 12.5 Å². The summed E-state index contributed by atoms with van der Waals surface area (Å²) in [5.74, 6) is -0.672. The molecule has 1 aromatic rings. The minimum Gasteiger partial charge on any atom is -0.480 e. The molecule has 1 aliphatic heterocycles. The van der Waals surface area contributed by atoms with Crippen LogP contribution in [0.2, 0.25) is 0 Å². The van der Waals surface area contributed by atoms with Crippen molar-refractivity contribution in [1.82, 2.24) is 10.6 Å². The number of methoxy groups -OCH3 is 1. The minimum atomic E-state index is -1.11. The molecule has 0 aromatic heterocycles. The molecule has 1 aliphatic rings. The monoisotopic (exact) mass is 410 g/mol. The van der Waals surface area contributed by atoms with E-state index in [4.69, 9.17) is 9.47 Å². The summed E-state index contributed by atoms with van der Waals surface area (Å²) < 4.78 is 9.82. The van der Waals surface area contributed by atoms with Crippen molar-refractivity contribution in [3.63, 3.8) is 0 Å². The zero-order chi connectivity index (χ0) is 20.5. The number of hydrogen-bond acceptors (Lipinski definition) is 7. The predicted octanol–water partition coefficient (Wildman–Crippen LogP) is 1.99. The van der Waals surface area contributed by atoms with Crippen LogP contribution < -0.4 is 10.6 Å². The first-order valence-corrected chi connectivity index (χ1v) is 10.1. The average Bonchev–Trinajstić information content (AvgIpc) is 3.19. The molecule has 1 heterocycles. The number of thioether (sulfide) groups is 1. The molecule has 2 rings (SSSR count). The topological polar surface area (TPSA) is 114 Å². The number of carbonyl (C=O) groups excluding carboxylic acids is 2. The fourth-order valence-electron chi connectivity index (χ4n) is 2.85. The second-order valence-electron chi connectivity index (χ2n) is 6.65. The first-order valence-electron chi connectivity index (χ1n) is 9.06. The molecule has 1 aromatic carbocycles. The lowest BCUT2D eigenvalue weighted by atomic mass is 10.0. The Kier molecular flexibility index (Phi) is 8.59. The maximum atomic E-state index is 11.9. The summed E-state index contributed by atoms with van der Waals surface area (Å²) in [6, 6.07) is 7.78. The Morgan fingerprint density at radius 3 is 2.64 bits per heavy atom. The number of nitrogens with one attached hydrogen (secondary N) is 2. The molecule has 4 atom stereocenters. The highest BCUT2D eigenvalue weighted by atomic mass is 32.2. The van der Waals surface area contributed by atoms with Crippen LogP contribution >= 0.6 is 11.8 Å². The zero-order valence-electron chi connectivity index (χ0n) is 15.9. The number of carboxylic acids is 1. The van der Waals surface area contributed by atoms with E-state index in [9.17, 15) is 19.5 Å². The van der Waals surface area contributed by atoms with Gasteiger partial charge in [-0.05, 0) is 24.3 Å². The normalized spacial score (nSPS) is 20.8. The molecule has 0 bridgehead atoms. The molecule has 1 amide bonds. The van der Waals surface area contributed by atoms with Gasteiger partial charge in [0.1, 0.15) is 18.7 Å². The zero-order valence-corrected chi connectivity index (χ0v) is 16.7. The van der Waals surface area contributed by atoms with Gasteiger partial charge in [-0.3, -0.25) is 10.1 Å². The number of benzene rings is 1. The molecular weight excluding hydrogens is 384 g/mol. The fraction of sp³-hybridized carbons (Fsp3) is 0.526. The Morgan fingerprint density at radius 2 is 2.00 bits per heavy atom. The van der Waals surface area contributed by atoms with Crippen molar-refractivity contribution in [3.8, 4) is 0 Å². The summed E-state index contributed by atoms with van der Waals surface area (Å²) >= 11 is 1.61. The van der Waals surface area contributed by atoms with Crippen molar-refractivity contribution in [2.45, 2.75) is 43.8 Å². The summed E-state index contributed by atoms with van der Waals surface area (Å²) in [5.41, 5.74) is 0.822. The van der Waals surface area contributed by atoms with Gasteiger partial charge in [-0.15, -0.1) is 11.8 Å². The third kappa shape index (κ3) is 6.72. The molecule has 1 fully saturated rings. The molecule has 8 nitrogen and oxygen atoms in total. The number of rotatable bonds is 9. The third-order valence-corrected chi connectivity index (χ3v) is 6.01. The van der Waals surface area contributed by atoms with E-state index in [0.717, 1.165) is 5.56 Å². The number of esters is 1. The molecular formula is C19H26N2O6S. The van der Waals surface area contributed by atoms with Crippen LogP contribution in [0.3, 0.4) is 0 Å². The Hall–Kier alpha value is -2.26. The van der Waals surface area contributed by atoms with Crippen molar-refractivity contribution in [3.05, 3.63) is 35.9 Å². The second kappa shape index (κ2) is 10.9. The number of carbonyl (C=O) groups is 3. The van der Waals surface area contributed by atoms with E-state index in [0.29, 0.717) is 12.2 Å². The highest BCUT2D eigenvalue weighted by molar-refractivity contribution is 8.00. The van der Waals surface area contributed by atoms with Gasteiger partial charge in [0.2, 0.25) is 0 Å². The lowest BCUT2D eigenvalue weighted by molar-refractivity contribution is -0.142. The molecule has 9 heteroatoms. The van der Waals surface area contributed by atoms with E-state index in [2.05, 4.69) is 10.6 Å². The number of amides is 1. The Bertz CT molecular complexity index is 672. The van der Waals surface area contributed by atoms with E-state index in [-0.39, 0.29) is 36.3 Å². The van der Waals surface area contributed by atoms with Crippen molar-refractivity contribution in [2.75, 3.05) is 12.9 Å². The van der Waals surface area contributed by atoms with Crippen LogP contribution in [0.4, 0.5) is 4.79 Å². The largest absolute Gasteiger partial charge is 0.480 e. The Morgan fingerprint density at radius 1 is 1.29 bits per heavy atom. The fourth-order valence-corrected chi connectivity index (χ4v) is 4.20. The SMILES string of the molecule is COC(=O)[C@@H]1CS[C@H]([C@@H](C)CC[C@@H](NC(=O)OCc2ccccc2)C(=O)O)N1. The van der Waals surface area contributed by atoms with Crippen molar-refractivity contribution < 1.29 is 29.0 Å². The van der Waals surface area contributed by atoms with Gasteiger partial charge in [0, 0.05) is 5.75 Å². The number of alkyl carbamates (subject to hydrolysis) is 1. The third-order valence-electron chi connectivity index (χ3n) is 4.52. The van der Waals surface area contributed by atoms with E-state index < -0.39 is 18.1 Å². The maximum Gasteiger partial charge on any atom is 0.408 e. The van der Waals surface area contributed by atoms with E-state index >= 15 is 0 Å². The van der Waals surface area contributed by atoms with Gasteiger partial charge >= 0.3 is 18.0 Å². The maximum absolute atomic E-state index is 11.9. The van der Waals surface area contributed by atoms with Gasteiger partial charge in [-0.2, -0.15) is 0 Å². The van der Waals surface area contributed by atoms with Crippen LogP contribution in [0, 0.1) is 5.92 Å². The molecule has 28 heavy (non-hydrogen) atoms. The molecule has 0 spiro atoms.